The van der Waals surface area contributed by atoms with E-state index in [1.165, 1.54) is 5.56 Å². The molecule has 1 aromatic rings. The van der Waals surface area contributed by atoms with Gasteiger partial charge in [0.05, 0.1) is 0 Å². The number of nitrogens with one attached hydrogen (secondary N) is 1. The SMILES string of the molecule is CC(CN)CCNCC(C)(C)c1cccnc1. The van der Waals surface area contributed by atoms with Crippen LogP contribution in [0.1, 0.15) is 32.8 Å². The van der Waals surface area contributed by atoms with Gasteiger partial charge >= 0.3 is 0 Å². The van der Waals surface area contributed by atoms with Crippen molar-refractivity contribution < 1.29 is 0 Å². The molecule has 0 aliphatic heterocycles. The van der Waals surface area contributed by atoms with Gasteiger partial charge in [-0.05, 0) is 37.1 Å². The highest BCUT2D eigenvalue weighted by atomic mass is 14.9. The largest absolute Gasteiger partial charge is 0.330 e. The lowest BCUT2D eigenvalue weighted by Crippen LogP contribution is -2.34. The smallest absolute Gasteiger partial charge is 0.0305 e. The highest BCUT2D eigenvalue weighted by Gasteiger charge is 2.19. The molecule has 0 spiro atoms. The van der Waals surface area contributed by atoms with Gasteiger partial charge in [0.25, 0.3) is 0 Å². The fourth-order valence-electron chi connectivity index (χ4n) is 1.73. The average Bonchev–Trinajstić information content (AvgIpc) is 2.35. The molecule has 3 nitrogen and oxygen atoms in total. The molecular formula is C14H25N3. The summed E-state index contributed by atoms with van der Waals surface area (Å²) in [4.78, 5) is 4.18. The second-order valence-corrected chi connectivity index (χ2v) is 5.43. The quantitative estimate of drug-likeness (QED) is 0.710. The van der Waals surface area contributed by atoms with Gasteiger partial charge in [0.1, 0.15) is 0 Å². The molecule has 3 heteroatoms. The van der Waals surface area contributed by atoms with Crippen molar-refractivity contribution in [2.45, 2.75) is 32.6 Å². The van der Waals surface area contributed by atoms with Crippen LogP contribution in [-0.2, 0) is 5.41 Å². The minimum absolute atomic E-state index is 0.125. The second-order valence-electron chi connectivity index (χ2n) is 5.43. The fourth-order valence-corrected chi connectivity index (χ4v) is 1.73. The summed E-state index contributed by atoms with van der Waals surface area (Å²) in [5.74, 6) is 0.601. The predicted molar refractivity (Wildman–Crippen MR) is 73.0 cm³/mol. The third-order valence-electron chi connectivity index (χ3n) is 3.23. The third kappa shape index (κ3) is 4.84. The van der Waals surface area contributed by atoms with Crippen LogP contribution in [0, 0.1) is 5.92 Å². The molecule has 1 rings (SSSR count). The molecule has 0 aliphatic rings. The van der Waals surface area contributed by atoms with E-state index in [-0.39, 0.29) is 5.41 Å². The summed E-state index contributed by atoms with van der Waals surface area (Å²) in [6.07, 6.45) is 4.90. The molecule has 0 amide bonds. The van der Waals surface area contributed by atoms with E-state index in [0.717, 1.165) is 26.1 Å². The summed E-state index contributed by atoms with van der Waals surface area (Å²) in [5, 5.41) is 3.51. The van der Waals surface area contributed by atoms with Crippen molar-refractivity contribution >= 4 is 0 Å². The first-order valence-electron chi connectivity index (χ1n) is 6.37. The average molecular weight is 235 g/mol. The highest BCUT2D eigenvalue weighted by Crippen LogP contribution is 2.20. The first-order chi connectivity index (χ1) is 8.06. The van der Waals surface area contributed by atoms with Crippen LogP contribution in [0.5, 0.6) is 0 Å². The van der Waals surface area contributed by atoms with Crippen LogP contribution < -0.4 is 11.1 Å². The Morgan fingerprint density at radius 2 is 2.24 bits per heavy atom. The Bertz CT molecular complexity index is 309. The van der Waals surface area contributed by atoms with Crippen LogP contribution >= 0.6 is 0 Å². The lowest BCUT2D eigenvalue weighted by molar-refractivity contribution is 0.440. The van der Waals surface area contributed by atoms with Gasteiger partial charge in [-0.1, -0.05) is 26.8 Å². The Labute approximate surface area is 105 Å². The lowest BCUT2D eigenvalue weighted by atomic mass is 9.85. The summed E-state index contributed by atoms with van der Waals surface area (Å²) < 4.78 is 0. The van der Waals surface area contributed by atoms with Gasteiger partial charge in [-0.2, -0.15) is 0 Å². The number of hydrogen-bond donors (Lipinski definition) is 2. The second kappa shape index (κ2) is 6.72. The summed E-state index contributed by atoms with van der Waals surface area (Å²) in [6.45, 7) is 9.44. The van der Waals surface area contributed by atoms with Crippen molar-refractivity contribution in [2.24, 2.45) is 11.7 Å². The van der Waals surface area contributed by atoms with Crippen LogP contribution in [-0.4, -0.2) is 24.6 Å². The minimum Gasteiger partial charge on any atom is -0.330 e. The van der Waals surface area contributed by atoms with Crippen LogP contribution in [0.25, 0.3) is 0 Å². The molecule has 0 aromatic carbocycles. The number of nitrogens with zero attached hydrogens (tertiary/aromatic N) is 1. The van der Waals surface area contributed by atoms with E-state index >= 15 is 0 Å². The van der Waals surface area contributed by atoms with Gasteiger partial charge in [-0.25, -0.2) is 0 Å². The number of nitrogens with two attached hydrogens (primary N) is 1. The number of hydrogen-bond acceptors (Lipinski definition) is 3. The normalized spacial score (nSPS) is 13.6. The molecule has 1 unspecified atom stereocenters. The zero-order valence-electron chi connectivity index (χ0n) is 11.2. The lowest BCUT2D eigenvalue weighted by Gasteiger charge is -2.25. The van der Waals surface area contributed by atoms with Gasteiger partial charge in [0.2, 0.25) is 0 Å². The maximum absolute atomic E-state index is 5.60. The van der Waals surface area contributed by atoms with E-state index in [1.54, 1.807) is 0 Å². The van der Waals surface area contributed by atoms with Gasteiger partial charge < -0.3 is 11.1 Å². The van der Waals surface area contributed by atoms with Crippen LogP contribution in [0.4, 0.5) is 0 Å². The van der Waals surface area contributed by atoms with Crippen molar-refractivity contribution in [1.29, 1.82) is 0 Å². The molecule has 1 aromatic heterocycles. The van der Waals surface area contributed by atoms with Crippen molar-refractivity contribution in [3.8, 4) is 0 Å². The minimum atomic E-state index is 0.125. The van der Waals surface area contributed by atoms with E-state index in [4.69, 9.17) is 5.73 Å². The van der Waals surface area contributed by atoms with Crippen LogP contribution in [0.3, 0.4) is 0 Å². The fraction of sp³-hybridized carbons (Fsp3) is 0.643. The zero-order chi connectivity index (χ0) is 12.7. The molecule has 96 valence electrons. The molecule has 0 saturated carbocycles. The first kappa shape index (κ1) is 14.1. The van der Waals surface area contributed by atoms with Gasteiger partial charge in [-0.15, -0.1) is 0 Å². The summed E-state index contributed by atoms with van der Waals surface area (Å²) in [5.41, 5.74) is 7.00. The van der Waals surface area contributed by atoms with Crippen molar-refractivity contribution in [3.05, 3.63) is 30.1 Å². The van der Waals surface area contributed by atoms with E-state index in [2.05, 4.69) is 37.1 Å². The summed E-state index contributed by atoms with van der Waals surface area (Å²) in [7, 11) is 0. The predicted octanol–water partition coefficient (Wildman–Crippen LogP) is 1.93. The zero-order valence-corrected chi connectivity index (χ0v) is 11.2. The van der Waals surface area contributed by atoms with Crippen molar-refractivity contribution in [1.82, 2.24) is 10.3 Å². The highest BCUT2D eigenvalue weighted by molar-refractivity contribution is 5.19. The van der Waals surface area contributed by atoms with E-state index < -0.39 is 0 Å². The standard InChI is InChI=1S/C14H25N3/c1-12(9-15)6-8-17-11-14(2,3)13-5-4-7-16-10-13/h4-5,7,10,12,17H,6,8-9,11,15H2,1-3H3. The van der Waals surface area contributed by atoms with Crippen LogP contribution in [0.2, 0.25) is 0 Å². The van der Waals surface area contributed by atoms with Crippen molar-refractivity contribution in [3.63, 3.8) is 0 Å². The number of aromatic nitrogens is 1. The van der Waals surface area contributed by atoms with Gasteiger partial charge in [0.15, 0.2) is 0 Å². The number of rotatable bonds is 7. The first-order valence-corrected chi connectivity index (χ1v) is 6.37. The third-order valence-corrected chi connectivity index (χ3v) is 3.23. The Balaban J connectivity index is 2.35. The molecule has 0 fully saturated rings. The van der Waals surface area contributed by atoms with E-state index in [0.29, 0.717) is 5.92 Å². The maximum Gasteiger partial charge on any atom is 0.0305 e. The van der Waals surface area contributed by atoms with Crippen molar-refractivity contribution in [2.75, 3.05) is 19.6 Å². The maximum atomic E-state index is 5.60. The monoisotopic (exact) mass is 235 g/mol. The summed E-state index contributed by atoms with van der Waals surface area (Å²) >= 11 is 0. The molecule has 0 aliphatic carbocycles. The molecule has 17 heavy (non-hydrogen) atoms. The molecule has 3 N–H and O–H groups in total. The molecular weight excluding hydrogens is 210 g/mol. The molecule has 0 saturated heterocycles. The number of pyridine rings is 1. The Morgan fingerprint density at radius 1 is 1.47 bits per heavy atom. The Morgan fingerprint density at radius 3 is 2.82 bits per heavy atom. The molecule has 1 atom stereocenters. The topological polar surface area (TPSA) is 50.9 Å². The van der Waals surface area contributed by atoms with E-state index in [9.17, 15) is 0 Å². The molecule has 1 heterocycles. The molecule has 0 radical (unpaired) electrons. The van der Waals surface area contributed by atoms with E-state index in [1.807, 2.05) is 18.5 Å². The Kier molecular flexibility index (Phi) is 5.59. The van der Waals surface area contributed by atoms with Crippen LogP contribution in [0.15, 0.2) is 24.5 Å². The van der Waals surface area contributed by atoms with Gasteiger partial charge in [0, 0.05) is 24.4 Å². The Hall–Kier alpha value is -0.930. The van der Waals surface area contributed by atoms with Gasteiger partial charge in [-0.3, -0.25) is 4.98 Å². The summed E-state index contributed by atoms with van der Waals surface area (Å²) in [6, 6.07) is 4.13. The molecule has 0 bridgehead atoms.